The number of carbonyl (C=O) groups is 1. The van der Waals surface area contributed by atoms with Crippen molar-refractivity contribution in [2.24, 2.45) is 0 Å². The molecule has 0 aliphatic carbocycles. The summed E-state index contributed by atoms with van der Waals surface area (Å²) in [4.78, 5) is 11.7. The summed E-state index contributed by atoms with van der Waals surface area (Å²) in [5, 5.41) is 0. The van der Waals surface area contributed by atoms with Gasteiger partial charge in [-0.05, 0) is 20.3 Å². The molecule has 1 fully saturated rings. The summed E-state index contributed by atoms with van der Waals surface area (Å²) in [6.45, 7) is 6.97. The lowest BCUT2D eigenvalue weighted by Gasteiger charge is -2.38. The van der Waals surface area contributed by atoms with Crippen molar-refractivity contribution in [2.45, 2.75) is 57.8 Å². The van der Waals surface area contributed by atoms with Gasteiger partial charge >= 0.3 is 5.97 Å². The highest BCUT2D eigenvalue weighted by atomic mass is 16.8. The van der Waals surface area contributed by atoms with Crippen LogP contribution < -0.4 is 0 Å². The first kappa shape index (κ1) is 14.3. The predicted molar refractivity (Wildman–Crippen MR) is 68.1 cm³/mol. The summed E-state index contributed by atoms with van der Waals surface area (Å²) >= 11 is 0. The SMILES string of the molecule is CCCCC(=O)OC1=CC2(CC(C)(C)O1)OCCO2. The van der Waals surface area contributed by atoms with Crippen molar-refractivity contribution in [3.8, 4) is 0 Å². The molecular formula is C14H22O5. The molecule has 2 aliphatic rings. The van der Waals surface area contributed by atoms with Gasteiger partial charge in [0.1, 0.15) is 5.60 Å². The van der Waals surface area contributed by atoms with Gasteiger partial charge in [0.15, 0.2) is 5.79 Å². The van der Waals surface area contributed by atoms with Crippen molar-refractivity contribution in [3.05, 3.63) is 12.0 Å². The molecule has 5 heteroatoms. The van der Waals surface area contributed by atoms with E-state index in [0.717, 1.165) is 12.8 Å². The molecule has 0 aromatic heterocycles. The summed E-state index contributed by atoms with van der Waals surface area (Å²) in [6.07, 6.45) is 4.38. The minimum Gasteiger partial charge on any atom is -0.459 e. The van der Waals surface area contributed by atoms with Crippen LogP contribution in [0.1, 0.15) is 46.5 Å². The van der Waals surface area contributed by atoms with Crippen molar-refractivity contribution < 1.29 is 23.7 Å². The van der Waals surface area contributed by atoms with E-state index in [1.807, 2.05) is 20.8 Å². The van der Waals surface area contributed by atoms with Crippen LogP contribution in [0.3, 0.4) is 0 Å². The van der Waals surface area contributed by atoms with Crippen molar-refractivity contribution in [1.29, 1.82) is 0 Å². The Hall–Kier alpha value is -1.07. The number of hydrogen-bond donors (Lipinski definition) is 0. The Morgan fingerprint density at radius 1 is 1.37 bits per heavy atom. The molecule has 0 atom stereocenters. The number of rotatable bonds is 4. The second-order valence-electron chi connectivity index (χ2n) is 5.59. The summed E-state index contributed by atoms with van der Waals surface area (Å²) < 4.78 is 22.2. The lowest BCUT2D eigenvalue weighted by Crippen LogP contribution is -2.43. The van der Waals surface area contributed by atoms with Gasteiger partial charge in [0.05, 0.1) is 19.3 Å². The zero-order chi connectivity index (χ0) is 13.9. The van der Waals surface area contributed by atoms with E-state index in [2.05, 4.69) is 0 Å². The number of carbonyl (C=O) groups excluding carboxylic acids is 1. The number of hydrogen-bond acceptors (Lipinski definition) is 5. The second kappa shape index (κ2) is 5.51. The Labute approximate surface area is 113 Å². The fourth-order valence-corrected chi connectivity index (χ4v) is 2.35. The minimum atomic E-state index is -0.803. The Morgan fingerprint density at radius 3 is 2.68 bits per heavy atom. The first-order valence-corrected chi connectivity index (χ1v) is 6.85. The fraction of sp³-hybridized carbons (Fsp3) is 0.786. The van der Waals surface area contributed by atoms with Crippen LogP contribution >= 0.6 is 0 Å². The fourth-order valence-electron chi connectivity index (χ4n) is 2.35. The molecule has 0 unspecified atom stereocenters. The van der Waals surface area contributed by atoms with Gasteiger partial charge in [-0.2, -0.15) is 0 Å². The third-order valence-electron chi connectivity index (χ3n) is 3.11. The zero-order valence-electron chi connectivity index (χ0n) is 11.9. The van der Waals surface area contributed by atoms with Gasteiger partial charge in [-0.3, -0.25) is 4.79 Å². The van der Waals surface area contributed by atoms with Crippen LogP contribution in [0.2, 0.25) is 0 Å². The summed E-state index contributed by atoms with van der Waals surface area (Å²) in [5.41, 5.74) is -0.487. The molecule has 1 spiro atoms. The Balaban J connectivity index is 2.05. The molecule has 19 heavy (non-hydrogen) atoms. The number of ether oxygens (including phenoxy) is 4. The first-order chi connectivity index (χ1) is 8.95. The van der Waals surface area contributed by atoms with Gasteiger partial charge in [0, 0.05) is 12.8 Å². The third kappa shape index (κ3) is 3.70. The van der Waals surface area contributed by atoms with E-state index in [9.17, 15) is 4.79 Å². The van der Waals surface area contributed by atoms with E-state index in [0.29, 0.717) is 26.1 Å². The predicted octanol–water partition coefficient (Wildman–Crippen LogP) is 2.50. The molecule has 2 rings (SSSR count). The van der Waals surface area contributed by atoms with Crippen LogP contribution in [0.5, 0.6) is 0 Å². The molecule has 0 bridgehead atoms. The average Bonchev–Trinajstić information content (AvgIpc) is 2.71. The van der Waals surface area contributed by atoms with Crippen molar-refractivity contribution in [3.63, 3.8) is 0 Å². The van der Waals surface area contributed by atoms with E-state index in [1.54, 1.807) is 6.08 Å². The average molecular weight is 270 g/mol. The molecule has 0 amide bonds. The van der Waals surface area contributed by atoms with Gasteiger partial charge in [-0.15, -0.1) is 0 Å². The molecule has 2 heterocycles. The van der Waals surface area contributed by atoms with Crippen molar-refractivity contribution in [2.75, 3.05) is 13.2 Å². The molecule has 5 nitrogen and oxygen atoms in total. The summed E-state index contributed by atoms with van der Waals surface area (Å²) in [6, 6.07) is 0. The maximum absolute atomic E-state index is 11.7. The summed E-state index contributed by atoms with van der Waals surface area (Å²) in [7, 11) is 0. The van der Waals surface area contributed by atoms with Crippen LogP contribution in [0.25, 0.3) is 0 Å². The van der Waals surface area contributed by atoms with Crippen LogP contribution in [-0.4, -0.2) is 30.6 Å². The van der Waals surface area contributed by atoms with Gasteiger partial charge < -0.3 is 18.9 Å². The van der Waals surface area contributed by atoms with E-state index in [-0.39, 0.29) is 11.9 Å². The topological polar surface area (TPSA) is 54.0 Å². The maximum atomic E-state index is 11.7. The monoisotopic (exact) mass is 270 g/mol. The lowest BCUT2D eigenvalue weighted by atomic mass is 9.95. The van der Waals surface area contributed by atoms with Crippen LogP contribution in [0, 0.1) is 0 Å². The molecule has 0 N–H and O–H groups in total. The quantitative estimate of drug-likeness (QED) is 0.735. The van der Waals surface area contributed by atoms with E-state index < -0.39 is 11.4 Å². The Kier molecular flexibility index (Phi) is 4.16. The van der Waals surface area contributed by atoms with Crippen molar-refractivity contribution in [1.82, 2.24) is 0 Å². The first-order valence-electron chi connectivity index (χ1n) is 6.85. The molecule has 108 valence electrons. The largest absolute Gasteiger partial charge is 0.459 e. The molecular weight excluding hydrogens is 248 g/mol. The van der Waals surface area contributed by atoms with E-state index >= 15 is 0 Å². The molecule has 0 saturated carbocycles. The zero-order valence-corrected chi connectivity index (χ0v) is 11.9. The Bertz CT molecular complexity index is 366. The van der Waals surface area contributed by atoms with Crippen LogP contribution in [0.4, 0.5) is 0 Å². The smallest absolute Gasteiger partial charge is 0.313 e. The summed E-state index contributed by atoms with van der Waals surface area (Å²) in [5.74, 6) is -0.888. The third-order valence-corrected chi connectivity index (χ3v) is 3.11. The molecule has 2 aliphatic heterocycles. The van der Waals surface area contributed by atoms with E-state index in [4.69, 9.17) is 18.9 Å². The second-order valence-corrected chi connectivity index (χ2v) is 5.59. The van der Waals surface area contributed by atoms with Gasteiger partial charge in [-0.1, -0.05) is 13.3 Å². The lowest BCUT2D eigenvalue weighted by molar-refractivity contribution is -0.196. The number of esters is 1. The molecule has 1 saturated heterocycles. The van der Waals surface area contributed by atoms with Crippen LogP contribution in [0.15, 0.2) is 12.0 Å². The standard InChI is InChI=1S/C14H22O5/c1-4-5-6-11(15)18-12-9-14(16-7-8-17-14)10-13(2,3)19-12/h9H,4-8,10H2,1-3H3. The highest BCUT2D eigenvalue weighted by molar-refractivity contribution is 5.70. The highest BCUT2D eigenvalue weighted by Crippen LogP contribution is 2.39. The molecule has 0 aromatic rings. The highest BCUT2D eigenvalue weighted by Gasteiger charge is 2.46. The number of unbranched alkanes of at least 4 members (excludes halogenated alkanes) is 1. The van der Waals surface area contributed by atoms with Crippen molar-refractivity contribution >= 4 is 5.97 Å². The van der Waals surface area contributed by atoms with Gasteiger partial charge in [0.25, 0.3) is 5.95 Å². The molecule has 0 aromatic carbocycles. The van der Waals surface area contributed by atoms with Crippen LogP contribution in [-0.2, 0) is 23.7 Å². The van der Waals surface area contributed by atoms with E-state index in [1.165, 1.54) is 0 Å². The van der Waals surface area contributed by atoms with Gasteiger partial charge in [-0.25, -0.2) is 0 Å². The minimum absolute atomic E-state index is 0.194. The Morgan fingerprint density at radius 2 is 2.05 bits per heavy atom. The normalized spacial score (nSPS) is 23.8. The van der Waals surface area contributed by atoms with Gasteiger partial charge in [0.2, 0.25) is 0 Å². The molecule has 0 radical (unpaired) electrons. The maximum Gasteiger partial charge on any atom is 0.313 e.